The summed E-state index contributed by atoms with van der Waals surface area (Å²) >= 11 is 0. The van der Waals surface area contributed by atoms with E-state index >= 15 is 0 Å². The van der Waals surface area contributed by atoms with Gasteiger partial charge in [0.05, 0.1) is 22.7 Å². The molecule has 0 heterocycles. The highest BCUT2D eigenvalue weighted by Gasteiger charge is 2.13. The quantitative estimate of drug-likeness (QED) is 0.0671. The second-order valence-electron chi connectivity index (χ2n) is 8.90. The summed E-state index contributed by atoms with van der Waals surface area (Å²) in [5, 5.41) is 10.7. The van der Waals surface area contributed by atoms with E-state index in [2.05, 4.69) is 6.92 Å². The number of carbonyl (C=O) groups excluding carboxylic acids is 2. The zero-order valence-electron chi connectivity index (χ0n) is 21.6. The number of nitrogens with zero attached hydrogens (tertiary/aromatic N) is 1. The lowest BCUT2D eigenvalue weighted by atomic mass is 10.1. The maximum atomic E-state index is 12.5. The molecule has 0 aromatic heterocycles. The molecule has 3 aromatic rings. The van der Waals surface area contributed by atoms with Crippen LogP contribution >= 0.6 is 0 Å². The van der Waals surface area contributed by atoms with Crippen LogP contribution in [0.15, 0.2) is 72.8 Å². The second-order valence-corrected chi connectivity index (χ2v) is 8.90. The molecular formula is C30H33NO7. The number of rotatable bonds is 15. The topological polar surface area (TPSA) is 105 Å². The standard InChI is InChI=1S/C30H33NO7/c1-2-3-4-5-6-7-8-9-22-36-26-16-10-23(11-17-26)29(32)37-27-18-12-24(13-19-27)30(33)38-28-20-14-25(15-21-28)31(34)35/h10-21H,2-9,22H2,1H3. The van der Waals surface area contributed by atoms with Crippen LogP contribution in [0.5, 0.6) is 17.2 Å². The van der Waals surface area contributed by atoms with Crippen LogP contribution in [0.1, 0.15) is 79.0 Å². The Balaban J connectivity index is 1.40. The Hall–Kier alpha value is -4.20. The van der Waals surface area contributed by atoms with Gasteiger partial charge in [0.1, 0.15) is 17.2 Å². The van der Waals surface area contributed by atoms with Crippen LogP contribution in [0.25, 0.3) is 0 Å². The molecular weight excluding hydrogens is 486 g/mol. The molecule has 0 saturated carbocycles. The Kier molecular flexibility index (Phi) is 11.3. The van der Waals surface area contributed by atoms with E-state index in [9.17, 15) is 19.7 Å². The van der Waals surface area contributed by atoms with E-state index in [-0.39, 0.29) is 22.7 Å². The first-order chi connectivity index (χ1) is 18.5. The number of hydrogen-bond acceptors (Lipinski definition) is 7. The Bertz CT molecular complexity index is 1170. The van der Waals surface area contributed by atoms with Gasteiger partial charge in [0, 0.05) is 12.1 Å². The van der Waals surface area contributed by atoms with Crippen molar-refractivity contribution in [2.24, 2.45) is 0 Å². The summed E-state index contributed by atoms with van der Waals surface area (Å²) in [5.74, 6) is -0.00116. The summed E-state index contributed by atoms with van der Waals surface area (Å²) in [7, 11) is 0. The van der Waals surface area contributed by atoms with Crippen molar-refractivity contribution in [3.05, 3.63) is 94.0 Å². The molecule has 0 N–H and O–H groups in total. The number of non-ortho nitro benzene ring substituents is 1. The van der Waals surface area contributed by atoms with Crippen LogP contribution < -0.4 is 14.2 Å². The number of unbranched alkanes of at least 4 members (excludes halogenated alkanes) is 7. The summed E-state index contributed by atoms with van der Waals surface area (Å²) in [6.07, 6.45) is 9.92. The third-order valence-electron chi connectivity index (χ3n) is 5.92. The number of carbonyl (C=O) groups is 2. The first-order valence-electron chi connectivity index (χ1n) is 13.0. The molecule has 0 aliphatic rings. The molecule has 8 nitrogen and oxygen atoms in total. The van der Waals surface area contributed by atoms with Crippen molar-refractivity contribution in [3.8, 4) is 17.2 Å². The summed E-state index contributed by atoms with van der Waals surface area (Å²) in [4.78, 5) is 35.0. The normalized spacial score (nSPS) is 10.6. The molecule has 0 unspecified atom stereocenters. The molecule has 0 bridgehead atoms. The highest BCUT2D eigenvalue weighted by Crippen LogP contribution is 2.21. The first kappa shape index (κ1) is 28.4. The smallest absolute Gasteiger partial charge is 0.343 e. The fraction of sp³-hybridized carbons (Fsp3) is 0.333. The summed E-state index contributed by atoms with van der Waals surface area (Å²) in [5.41, 5.74) is 0.518. The zero-order valence-corrected chi connectivity index (χ0v) is 21.6. The molecule has 0 radical (unpaired) electrons. The Morgan fingerprint density at radius 1 is 0.632 bits per heavy atom. The fourth-order valence-electron chi connectivity index (χ4n) is 3.74. The molecule has 200 valence electrons. The van der Waals surface area contributed by atoms with E-state index in [4.69, 9.17) is 14.2 Å². The summed E-state index contributed by atoms with van der Waals surface area (Å²) in [6, 6.07) is 17.9. The van der Waals surface area contributed by atoms with Gasteiger partial charge in [0.2, 0.25) is 0 Å². The van der Waals surface area contributed by atoms with Gasteiger partial charge in [-0.1, -0.05) is 51.9 Å². The maximum absolute atomic E-state index is 12.5. The molecule has 0 amide bonds. The number of benzene rings is 3. The molecule has 0 aliphatic heterocycles. The van der Waals surface area contributed by atoms with E-state index in [1.807, 2.05) is 0 Å². The van der Waals surface area contributed by atoms with Gasteiger partial charge in [-0.15, -0.1) is 0 Å². The van der Waals surface area contributed by atoms with Crippen molar-refractivity contribution in [2.45, 2.75) is 58.3 Å². The molecule has 0 saturated heterocycles. The predicted molar refractivity (Wildman–Crippen MR) is 144 cm³/mol. The number of nitro benzene ring substituents is 1. The van der Waals surface area contributed by atoms with Crippen molar-refractivity contribution < 1.29 is 28.7 Å². The van der Waals surface area contributed by atoms with Crippen LogP contribution in [0.2, 0.25) is 0 Å². The molecule has 0 spiro atoms. The summed E-state index contributed by atoms with van der Waals surface area (Å²) in [6.45, 7) is 2.87. The van der Waals surface area contributed by atoms with Crippen LogP contribution in [-0.4, -0.2) is 23.5 Å². The van der Waals surface area contributed by atoms with E-state index in [0.29, 0.717) is 17.9 Å². The van der Waals surface area contributed by atoms with E-state index in [0.717, 1.165) is 12.8 Å². The van der Waals surface area contributed by atoms with Crippen LogP contribution in [0.4, 0.5) is 5.69 Å². The van der Waals surface area contributed by atoms with Gasteiger partial charge in [-0.3, -0.25) is 10.1 Å². The minimum absolute atomic E-state index is 0.100. The number of hydrogen-bond donors (Lipinski definition) is 0. The lowest BCUT2D eigenvalue weighted by molar-refractivity contribution is -0.384. The zero-order chi connectivity index (χ0) is 27.2. The second kappa shape index (κ2) is 15.1. The van der Waals surface area contributed by atoms with Gasteiger partial charge >= 0.3 is 11.9 Å². The third-order valence-corrected chi connectivity index (χ3v) is 5.92. The van der Waals surface area contributed by atoms with E-state index in [1.165, 1.54) is 87.1 Å². The molecule has 0 atom stereocenters. The van der Waals surface area contributed by atoms with Crippen molar-refractivity contribution >= 4 is 17.6 Å². The van der Waals surface area contributed by atoms with Crippen LogP contribution in [-0.2, 0) is 0 Å². The minimum atomic E-state index is -0.640. The van der Waals surface area contributed by atoms with Crippen molar-refractivity contribution in [3.63, 3.8) is 0 Å². The van der Waals surface area contributed by atoms with E-state index < -0.39 is 16.9 Å². The highest BCUT2D eigenvalue weighted by molar-refractivity contribution is 5.92. The summed E-state index contributed by atoms with van der Waals surface area (Å²) < 4.78 is 16.4. The molecule has 8 heteroatoms. The number of esters is 2. The van der Waals surface area contributed by atoms with Crippen molar-refractivity contribution in [1.82, 2.24) is 0 Å². The molecule has 38 heavy (non-hydrogen) atoms. The first-order valence-corrected chi connectivity index (χ1v) is 13.0. The third kappa shape index (κ3) is 9.35. The molecule has 0 aliphatic carbocycles. The minimum Gasteiger partial charge on any atom is -0.494 e. The van der Waals surface area contributed by atoms with Crippen LogP contribution in [0, 0.1) is 10.1 Å². The van der Waals surface area contributed by atoms with Gasteiger partial charge < -0.3 is 14.2 Å². The van der Waals surface area contributed by atoms with E-state index in [1.54, 1.807) is 24.3 Å². The van der Waals surface area contributed by atoms with Gasteiger partial charge in [0.25, 0.3) is 5.69 Å². The van der Waals surface area contributed by atoms with Crippen LogP contribution in [0.3, 0.4) is 0 Å². The average Bonchev–Trinajstić information content (AvgIpc) is 2.93. The van der Waals surface area contributed by atoms with Gasteiger partial charge in [-0.2, -0.15) is 0 Å². The number of nitro groups is 1. The fourth-order valence-corrected chi connectivity index (χ4v) is 3.74. The molecule has 3 rings (SSSR count). The Labute approximate surface area is 222 Å². The number of ether oxygens (including phenoxy) is 3. The molecule has 3 aromatic carbocycles. The highest BCUT2D eigenvalue weighted by atomic mass is 16.6. The van der Waals surface area contributed by atoms with Gasteiger partial charge in [-0.05, 0) is 67.1 Å². The molecule has 0 fully saturated rings. The van der Waals surface area contributed by atoms with Gasteiger partial charge in [-0.25, -0.2) is 9.59 Å². The Morgan fingerprint density at radius 3 is 1.53 bits per heavy atom. The average molecular weight is 520 g/mol. The van der Waals surface area contributed by atoms with Crippen molar-refractivity contribution in [1.29, 1.82) is 0 Å². The largest absolute Gasteiger partial charge is 0.494 e. The predicted octanol–water partition coefficient (Wildman–Crippen LogP) is 7.55. The monoisotopic (exact) mass is 519 g/mol. The Morgan fingerprint density at radius 2 is 1.05 bits per heavy atom. The van der Waals surface area contributed by atoms with Crippen molar-refractivity contribution in [2.75, 3.05) is 6.61 Å². The van der Waals surface area contributed by atoms with Gasteiger partial charge in [0.15, 0.2) is 0 Å². The SMILES string of the molecule is CCCCCCCCCCOc1ccc(C(=O)Oc2ccc(C(=O)Oc3ccc([N+](=O)[O-])cc3)cc2)cc1. The maximum Gasteiger partial charge on any atom is 0.343 e. The lowest BCUT2D eigenvalue weighted by Gasteiger charge is -2.08. The lowest BCUT2D eigenvalue weighted by Crippen LogP contribution is -2.10.